The highest BCUT2D eigenvalue weighted by Gasteiger charge is 2.42. The van der Waals surface area contributed by atoms with Gasteiger partial charge in [0.25, 0.3) is 0 Å². The van der Waals surface area contributed by atoms with Gasteiger partial charge in [0.1, 0.15) is 5.82 Å². The van der Waals surface area contributed by atoms with Crippen molar-refractivity contribution >= 4 is 17.7 Å². The summed E-state index contributed by atoms with van der Waals surface area (Å²) >= 11 is 0. The number of hydrogen-bond acceptors (Lipinski definition) is 7. The molecule has 3 aromatic heterocycles. The molecule has 4 aromatic rings. The van der Waals surface area contributed by atoms with E-state index in [4.69, 9.17) is 10.5 Å². The van der Waals surface area contributed by atoms with Crippen LogP contribution >= 0.6 is 0 Å². The molecule has 1 fully saturated rings. The normalized spacial score (nSPS) is 15.1. The molecule has 1 aliphatic rings. The molecule has 0 spiro atoms. The first kappa shape index (κ1) is 21.7. The van der Waals surface area contributed by atoms with Gasteiger partial charge in [0.15, 0.2) is 0 Å². The number of nitrogens with two attached hydrogens (primary N) is 1. The van der Waals surface area contributed by atoms with E-state index < -0.39 is 5.41 Å². The van der Waals surface area contributed by atoms with Crippen LogP contribution in [-0.2, 0) is 22.0 Å². The van der Waals surface area contributed by atoms with Crippen molar-refractivity contribution in [2.75, 3.05) is 24.3 Å². The SMILES string of the molecule is Cn1cc(-c2ccc(NC(=O)C3(c4ccc(-c5cnc(N)nc5)cc4)CCOCC3)nc2)cn1. The minimum atomic E-state index is -0.696. The average Bonchev–Trinajstić information content (AvgIpc) is 3.32. The lowest BCUT2D eigenvalue weighted by Crippen LogP contribution is -2.45. The zero-order chi connectivity index (χ0) is 23.5. The van der Waals surface area contributed by atoms with Crippen molar-refractivity contribution in [1.82, 2.24) is 24.7 Å². The minimum absolute atomic E-state index is 0.0824. The van der Waals surface area contributed by atoms with Crippen LogP contribution in [-0.4, -0.2) is 43.9 Å². The van der Waals surface area contributed by atoms with Crippen LogP contribution in [0.4, 0.5) is 11.8 Å². The Morgan fingerprint density at radius 2 is 1.59 bits per heavy atom. The number of amides is 1. The minimum Gasteiger partial charge on any atom is -0.381 e. The zero-order valence-corrected chi connectivity index (χ0v) is 18.8. The smallest absolute Gasteiger partial charge is 0.236 e. The Bertz CT molecular complexity index is 1280. The molecule has 0 saturated carbocycles. The van der Waals surface area contributed by atoms with Crippen LogP contribution < -0.4 is 11.1 Å². The molecule has 4 heterocycles. The lowest BCUT2D eigenvalue weighted by atomic mass is 9.73. The number of benzene rings is 1. The average molecular weight is 456 g/mol. The fourth-order valence-corrected chi connectivity index (χ4v) is 4.28. The molecule has 0 unspecified atom stereocenters. The summed E-state index contributed by atoms with van der Waals surface area (Å²) in [7, 11) is 1.87. The second-order valence-corrected chi connectivity index (χ2v) is 8.39. The molecule has 9 heteroatoms. The summed E-state index contributed by atoms with van der Waals surface area (Å²) < 4.78 is 7.33. The Morgan fingerprint density at radius 3 is 2.21 bits per heavy atom. The highest BCUT2D eigenvalue weighted by Crippen LogP contribution is 2.37. The number of pyridine rings is 1. The van der Waals surface area contributed by atoms with Crippen molar-refractivity contribution in [3.8, 4) is 22.3 Å². The van der Waals surface area contributed by atoms with Gasteiger partial charge in [-0.1, -0.05) is 24.3 Å². The van der Waals surface area contributed by atoms with E-state index in [1.54, 1.807) is 29.5 Å². The number of carbonyl (C=O) groups is 1. The summed E-state index contributed by atoms with van der Waals surface area (Å²) in [5.41, 5.74) is 9.57. The van der Waals surface area contributed by atoms with E-state index in [-0.39, 0.29) is 11.9 Å². The van der Waals surface area contributed by atoms with E-state index in [0.717, 1.165) is 27.8 Å². The van der Waals surface area contributed by atoms with E-state index in [0.29, 0.717) is 31.9 Å². The van der Waals surface area contributed by atoms with Crippen molar-refractivity contribution in [1.29, 1.82) is 0 Å². The molecular formula is C25H25N7O2. The van der Waals surface area contributed by atoms with Crippen LogP contribution in [0, 0.1) is 0 Å². The third-order valence-electron chi connectivity index (χ3n) is 6.27. The number of hydrogen-bond donors (Lipinski definition) is 2. The Morgan fingerprint density at radius 1 is 0.912 bits per heavy atom. The Hall–Kier alpha value is -4.11. The van der Waals surface area contributed by atoms with Gasteiger partial charge >= 0.3 is 0 Å². The van der Waals surface area contributed by atoms with Crippen molar-refractivity contribution in [3.63, 3.8) is 0 Å². The third-order valence-corrected chi connectivity index (χ3v) is 6.27. The van der Waals surface area contributed by atoms with Crippen molar-refractivity contribution in [2.24, 2.45) is 7.05 Å². The standard InChI is InChI=1S/C25H25N7O2/c1-32-16-20(15-30-32)18-4-7-22(27-12-18)31-23(33)25(8-10-34-11-9-25)21-5-2-17(3-6-21)19-13-28-24(26)29-14-19/h2-7,12-16H,8-11H2,1H3,(H2,26,28,29)(H,27,31,33). The molecule has 1 amide bonds. The summed E-state index contributed by atoms with van der Waals surface area (Å²) in [5, 5.41) is 7.22. The Kier molecular flexibility index (Phi) is 5.77. The number of ether oxygens (including phenoxy) is 1. The maximum atomic E-state index is 13.6. The predicted molar refractivity (Wildman–Crippen MR) is 129 cm³/mol. The van der Waals surface area contributed by atoms with Gasteiger partial charge in [-0.25, -0.2) is 15.0 Å². The number of rotatable bonds is 5. The molecule has 0 radical (unpaired) electrons. The molecule has 0 atom stereocenters. The fourth-order valence-electron chi connectivity index (χ4n) is 4.28. The van der Waals surface area contributed by atoms with Gasteiger partial charge in [0.2, 0.25) is 11.9 Å². The molecule has 1 saturated heterocycles. The highest BCUT2D eigenvalue weighted by molar-refractivity contribution is 5.99. The largest absolute Gasteiger partial charge is 0.381 e. The lowest BCUT2D eigenvalue weighted by Gasteiger charge is -2.36. The molecule has 1 aromatic carbocycles. The Balaban J connectivity index is 1.38. The van der Waals surface area contributed by atoms with Gasteiger partial charge in [0.05, 0.1) is 11.6 Å². The monoisotopic (exact) mass is 455 g/mol. The molecule has 0 bridgehead atoms. The van der Waals surface area contributed by atoms with Gasteiger partial charge in [0, 0.05) is 61.7 Å². The van der Waals surface area contributed by atoms with Gasteiger partial charge in [-0.15, -0.1) is 0 Å². The highest BCUT2D eigenvalue weighted by atomic mass is 16.5. The number of nitrogen functional groups attached to an aromatic ring is 1. The maximum absolute atomic E-state index is 13.6. The summed E-state index contributed by atoms with van der Waals surface area (Å²) in [6.45, 7) is 1.04. The van der Waals surface area contributed by atoms with Crippen molar-refractivity contribution < 1.29 is 9.53 Å². The summed E-state index contributed by atoms with van der Waals surface area (Å²) in [6, 6.07) is 11.7. The molecule has 9 nitrogen and oxygen atoms in total. The number of anilines is 2. The molecule has 34 heavy (non-hydrogen) atoms. The van der Waals surface area contributed by atoms with E-state index in [1.165, 1.54) is 0 Å². The van der Waals surface area contributed by atoms with Crippen LogP contribution in [0.25, 0.3) is 22.3 Å². The third kappa shape index (κ3) is 4.25. The molecule has 5 rings (SSSR count). The summed E-state index contributed by atoms with van der Waals surface area (Å²) in [5.74, 6) is 0.667. The number of aromatic nitrogens is 5. The van der Waals surface area contributed by atoms with Gasteiger partial charge in [-0.3, -0.25) is 9.48 Å². The first-order chi connectivity index (χ1) is 16.5. The molecule has 172 valence electrons. The number of aryl methyl sites for hydroxylation is 1. The fraction of sp³-hybridized carbons (Fsp3) is 0.240. The van der Waals surface area contributed by atoms with Crippen LogP contribution in [0.15, 0.2) is 67.4 Å². The topological polar surface area (TPSA) is 121 Å². The summed E-state index contributed by atoms with van der Waals surface area (Å²) in [6.07, 6.45) is 10.0. The first-order valence-electron chi connectivity index (χ1n) is 11.1. The lowest BCUT2D eigenvalue weighted by molar-refractivity contribution is -0.125. The van der Waals surface area contributed by atoms with E-state index >= 15 is 0 Å². The quantitative estimate of drug-likeness (QED) is 0.474. The second kappa shape index (κ2) is 9.03. The van der Waals surface area contributed by atoms with Crippen LogP contribution in [0.2, 0.25) is 0 Å². The Labute approximate surface area is 197 Å². The van der Waals surface area contributed by atoms with Crippen LogP contribution in [0.1, 0.15) is 18.4 Å². The first-order valence-corrected chi connectivity index (χ1v) is 11.1. The van der Waals surface area contributed by atoms with E-state index in [1.807, 2.05) is 49.6 Å². The van der Waals surface area contributed by atoms with E-state index in [9.17, 15) is 4.79 Å². The summed E-state index contributed by atoms with van der Waals surface area (Å²) in [4.78, 5) is 26.2. The molecule has 3 N–H and O–H groups in total. The number of carbonyl (C=O) groups excluding carboxylic acids is 1. The van der Waals surface area contributed by atoms with Crippen molar-refractivity contribution in [2.45, 2.75) is 18.3 Å². The molecule has 0 aliphatic carbocycles. The maximum Gasteiger partial charge on any atom is 0.236 e. The second-order valence-electron chi connectivity index (χ2n) is 8.39. The molecule has 1 aliphatic heterocycles. The van der Waals surface area contributed by atoms with Gasteiger partial charge < -0.3 is 15.8 Å². The predicted octanol–water partition coefficient (Wildman–Crippen LogP) is 3.21. The van der Waals surface area contributed by atoms with Gasteiger partial charge in [-0.05, 0) is 36.1 Å². The molecular weight excluding hydrogens is 430 g/mol. The van der Waals surface area contributed by atoms with Crippen LogP contribution in [0.3, 0.4) is 0 Å². The van der Waals surface area contributed by atoms with Gasteiger partial charge in [-0.2, -0.15) is 5.10 Å². The number of nitrogens with zero attached hydrogens (tertiary/aromatic N) is 5. The van der Waals surface area contributed by atoms with E-state index in [2.05, 4.69) is 25.4 Å². The van der Waals surface area contributed by atoms with Crippen molar-refractivity contribution in [3.05, 3.63) is 72.9 Å². The van der Waals surface area contributed by atoms with Crippen LogP contribution in [0.5, 0.6) is 0 Å². The number of nitrogens with one attached hydrogen (secondary N) is 1. The zero-order valence-electron chi connectivity index (χ0n) is 18.8.